The Morgan fingerprint density at radius 1 is 0.750 bits per heavy atom. The van der Waals surface area contributed by atoms with Gasteiger partial charge in [0, 0.05) is 17.8 Å². The minimum atomic E-state index is -0.540. The molecule has 1 aliphatic carbocycles. The fraction of sp³-hybridized carbons (Fsp3) is 0.326. The number of methoxy groups -OCH3 is 1. The van der Waals surface area contributed by atoms with Gasteiger partial charge in [-0.3, -0.25) is 4.98 Å². The molecule has 288 valence electrons. The summed E-state index contributed by atoms with van der Waals surface area (Å²) in [5.41, 5.74) is 7.32. The van der Waals surface area contributed by atoms with E-state index in [1.807, 2.05) is 72.9 Å². The summed E-state index contributed by atoms with van der Waals surface area (Å²) < 4.78 is 32.6. The average Bonchev–Trinajstić information content (AvgIpc) is 3.89. The molecule has 2 fully saturated rings. The Morgan fingerprint density at radius 2 is 1.38 bits per heavy atom. The second-order valence-electron chi connectivity index (χ2n) is 14.6. The van der Waals surface area contributed by atoms with E-state index in [0.29, 0.717) is 43.3 Å². The number of aryl methyl sites for hydroxylation is 1. The van der Waals surface area contributed by atoms with Crippen molar-refractivity contribution in [3.05, 3.63) is 155 Å². The highest BCUT2D eigenvalue weighted by Crippen LogP contribution is 2.43. The van der Waals surface area contributed by atoms with Crippen LogP contribution in [0, 0.1) is 6.92 Å². The lowest BCUT2D eigenvalue weighted by atomic mass is 10.0. The minimum absolute atomic E-state index is 0.140. The second kappa shape index (κ2) is 17.9. The highest BCUT2D eigenvalue weighted by atomic mass is 35.5. The summed E-state index contributed by atoms with van der Waals surface area (Å²) in [4.78, 5) is 16.9. The molecule has 9 nitrogen and oxygen atoms in total. The maximum Gasteiger partial charge on any atom is 0.225 e. The van der Waals surface area contributed by atoms with Crippen LogP contribution >= 0.6 is 11.6 Å². The molecule has 0 amide bonds. The summed E-state index contributed by atoms with van der Waals surface area (Å²) in [7, 11) is 1.70. The van der Waals surface area contributed by atoms with Crippen molar-refractivity contribution in [2.45, 2.75) is 82.9 Å². The Labute approximate surface area is 333 Å². The van der Waals surface area contributed by atoms with Crippen molar-refractivity contribution in [2.75, 3.05) is 18.6 Å². The first kappa shape index (κ1) is 38.0. The molecule has 1 aliphatic heterocycles. The van der Waals surface area contributed by atoms with Crippen LogP contribution in [-0.2, 0) is 38.8 Å². The molecule has 4 atom stereocenters. The summed E-state index contributed by atoms with van der Waals surface area (Å²) in [5, 5.41) is 0.140. The smallest absolute Gasteiger partial charge is 0.225 e. The topological polar surface area (TPSA) is 88.1 Å². The van der Waals surface area contributed by atoms with E-state index in [9.17, 15) is 0 Å². The van der Waals surface area contributed by atoms with E-state index < -0.39 is 24.4 Å². The van der Waals surface area contributed by atoms with Gasteiger partial charge in [-0.2, -0.15) is 4.98 Å². The summed E-state index contributed by atoms with van der Waals surface area (Å²) >= 11 is 6.78. The van der Waals surface area contributed by atoms with Crippen molar-refractivity contribution in [1.82, 2.24) is 15.0 Å². The molecule has 3 heterocycles. The molecule has 4 aromatic carbocycles. The molecular weight excluding hydrogens is 724 g/mol. The third-order valence-corrected chi connectivity index (χ3v) is 10.8. The van der Waals surface area contributed by atoms with Gasteiger partial charge >= 0.3 is 0 Å². The van der Waals surface area contributed by atoms with Crippen molar-refractivity contribution in [3.63, 3.8) is 0 Å². The van der Waals surface area contributed by atoms with Crippen LogP contribution in [0.15, 0.2) is 121 Å². The zero-order valence-electron chi connectivity index (χ0n) is 31.8. The third kappa shape index (κ3) is 8.73. The molecule has 0 unspecified atom stereocenters. The van der Waals surface area contributed by atoms with E-state index in [-0.39, 0.29) is 11.3 Å². The molecule has 0 radical (unpaired) electrons. The van der Waals surface area contributed by atoms with Crippen LogP contribution in [0.4, 0.5) is 11.5 Å². The molecule has 56 heavy (non-hydrogen) atoms. The molecule has 1 saturated carbocycles. The number of fused-ring (bicyclic) bond motifs is 1. The van der Waals surface area contributed by atoms with E-state index in [0.717, 1.165) is 64.9 Å². The molecule has 0 spiro atoms. The summed E-state index contributed by atoms with van der Waals surface area (Å²) in [5.74, 6) is 1.42. The zero-order chi connectivity index (χ0) is 38.3. The van der Waals surface area contributed by atoms with Gasteiger partial charge in [-0.25, -0.2) is 4.98 Å². The Morgan fingerprint density at radius 3 is 2.02 bits per heavy atom. The van der Waals surface area contributed by atoms with E-state index in [1.165, 1.54) is 0 Å². The average molecular weight is 771 g/mol. The second-order valence-corrected chi connectivity index (χ2v) is 14.9. The van der Waals surface area contributed by atoms with Gasteiger partial charge in [0.1, 0.15) is 35.7 Å². The predicted molar refractivity (Wildman–Crippen MR) is 218 cm³/mol. The Balaban J connectivity index is 1.16. The lowest BCUT2D eigenvalue weighted by Crippen LogP contribution is -2.37. The van der Waals surface area contributed by atoms with Gasteiger partial charge in [0.05, 0.1) is 44.7 Å². The van der Waals surface area contributed by atoms with E-state index in [1.54, 1.807) is 7.11 Å². The van der Waals surface area contributed by atoms with E-state index in [2.05, 4.69) is 60.4 Å². The molecule has 0 N–H and O–H groups in total. The van der Waals surface area contributed by atoms with Gasteiger partial charge in [0.25, 0.3) is 0 Å². The summed E-state index contributed by atoms with van der Waals surface area (Å²) in [6.45, 7) is 3.61. The van der Waals surface area contributed by atoms with Crippen molar-refractivity contribution in [3.8, 4) is 5.75 Å². The van der Waals surface area contributed by atoms with E-state index >= 15 is 0 Å². The van der Waals surface area contributed by atoms with Crippen LogP contribution in [0.25, 0.3) is 11.0 Å². The highest BCUT2D eigenvalue weighted by Gasteiger charge is 2.47. The number of pyridine rings is 1. The number of aromatic nitrogens is 3. The van der Waals surface area contributed by atoms with Crippen LogP contribution in [0.2, 0.25) is 5.28 Å². The number of hydrogen-bond acceptors (Lipinski definition) is 9. The number of rotatable bonds is 15. The van der Waals surface area contributed by atoms with Gasteiger partial charge in [-0.05, 0) is 71.8 Å². The van der Waals surface area contributed by atoms with E-state index in [4.69, 9.17) is 50.2 Å². The number of benzene rings is 4. The largest absolute Gasteiger partial charge is 0.495 e. The number of halogens is 1. The lowest BCUT2D eigenvalue weighted by molar-refractivity contribution is -0.0898. The summed E-state index contributed by atoms with van der Waals surface area (Å²) in [6.07, 6.45) is 4.25. The molecule has 1 saturated heterocycles. The standard InChI is InChI=1S/C46H47ClN4O5/c1-31-22-23-39(52-2)38(24-31)51(36-20-12-13-21-36)45-41-37(49-46(47)50-45)25-35(26-48-41)42-44(55-29-34-18-10-5-11-19-34)43(54-28-33-16-8-4-9-17-33)40(56-42)30-53-27-32-14-6-3-7-15-32/h3-11,14-19,22-26,36,40,42-44H,12-13,20-21,27-30H2,1-2H3/t40-,42+,43-,44+/m1/s1. The maximum absolute atomic E-state index is 6.92. The predicted octanol–water partition coefficient (Wildman–Crippen LogP) is 9.90. The number of ether oxygens (including phenoxy) is 5. The minimum Gasteiger partial charge on any atom is -0.495 e. The van der Waals surface area contributed by atoms with Gasteiger partial charge < -0.3 is 28.6 Å². The van der Waals surface area contributed by atoms with Crippen molar-refractivity contribution in [1.29, 1.82) is 0 Å². The summed E-state index contributed by atoms with van der Waals surface area (Å²) in [6, 6.07) is 38.8. The molecule has 6 aromatic rings. The zero-order valence-corrected chi connectivity index (χ0v) is 32.6. The van der Waals surface area contributed by atoms with Gasteiger partial charge in [0.15, 0.2) is 5.82 Å². The van der Waals surface area contributed by atoms with Crippen LogP contribution in [0.1, 0.15) is 59.6 Å². The molecule has 8 rings (SSSR count). The van der Waals surface area contributed by atoms with Gasteiger partial charge in [0.2, 0.25) is 5.28 Å². The van der Waals surface area contributed by atoms with Gasteiger partial charge in [-0.1, -0.05) is 110 Å². The van der Waals surface area contributed by atoms with Crippen LogP contribution < -0.4 is 9.64 Å². The van der Waals surface area contributed by atoms with Crippen LogP contribution in [-0.4, -0.2) is 53.0 Å². The Hall–Kier alpha value is -4.90. The first-order valence-electron chi connectivity index (χ1n) is 19.4. The van der Waals surface area contributed by atoms with Gasteiger partial charge in [-0.15, -0.1) is 0 Å². The monoisotopic (exact) mass is 770 g/mol. The molecule has 0 bridgehead atoms. The molecule has 2 aliphatic rings. The highest BCUT2D eigenvalue weighted by molar-refractivity contribution is 6.28. The number of hydrogen-bond donors (Lipinski definition) is 0. The number of nitrogens with zero attached hydrogens (tertiary/aromatic N) is 4. The third-order valence-electron chi connectivity index (χ3n) is 10.6. The SMILES string of the molecule is COc1ccc(C)cc1N(c1nc(Cl)nc2cc([C@@H]3O[C@H](COCc4ccccc4)[C@@H](OCc4ccccc4)[C@H]3OCc3ccccc3)cnc12)C1CCCC1. The van der Waals surface area contributed by atoms with Crippen molar-refractivity contribution in [2.24, 2.45) is 0 Å². The first-order valence-corrected chi connectivity index (χ1v) is 19.8. The Kier molecular flexibility index (Phi) is 12.2. The molecular formula is C46H47ClN4O5. The molecule has 10 heteroatoms. The van der Waals surface area contributed by atoms with Crippen LogP contribution in [0.5, 0.6) is 5.75 Å². The fourth-order valence-electron chi connectivity index (χ4n) is 7.86. The lowest BCUT2D eigenvalue weighted by Gasteiger charge is -2.32. The van der Waals surface area contributed by atoms with Crippen molar-refractivity contribution < 1.29 is 23.7 Å². The quantitative estimate of drug-likeness (QED) is 0.0948. The molecule has 2 aromatic heterocycles. The number of anilines is 2. The van der Waals surface area contributed by atoms with Crippen LogP contribution in [0.3, 0.4) is 0 Å². The Bertz CT molecular complexity index is 2190. The normalized spacial score (nSPS) is 19.8. The fourth-order valence-corrected chi connectivity index (χ4v) is 8.03. The first-order chi connectivity index (χ1) is 27.5. The maximum atomic E-state index is 6.92. The van der Waals surface area contributed by atoms with Crippen molar-refractivity contribution >= 4 is 34.1 Å².